The number of aliphatic hydroxyl groups excluding tert-OH is 3. The molecular weight excluding hydrogens is 297 g/mol. The van der Waals surface area contributed by atoms with Crippen LogP contribution in [0.2, 0.25) is 0 Å². The van der Waals surface area contributed by atoms with Crippen molar-refractivity contribution < 1.29 is 34.3 Å². The predicted octanol–water partition coefficient (Wildman–Crippen LogP) is -1.65. The molecule has 1 saturated heterocycles. The van der Waals surface area contributed by atoms with Crippen LogP contribution in [0.3, 0.4) is 0 Å². The van der Waals surface area contributed by atoms with Gasteiger partial charge in [0.05, 0.1) is 12.6 Å². The molecule has 1 aliphatic heterocycles. The molecule has 2 rings (SSSR count). The van der Waals surface area contributed by atoms with Crippen LogP contribution in [-0.4, -0.2) is 58.5 Å². The van der Waals surface area contributed by atoms with Gasteiger partial charge in [0.15, 0.2) is 0 Å². The largest absolute Gasteiger partial charge is 0.829 e. The van der Waals surface area contributed by atoms with Crippen molar-refractivity contribution in [2.75, 3.05) is 11.5 Å². The number of hydrogen-bond acceptors (Lipinski definition) is 6. The Morgan fingerprint density at radius 1 is 1.32 bits per heavy atom. The number of benzene rings is 1. The Morgan fingerprint density at radius 2 is 1.91 bits per heavy atom. The van der Waals surface area contributed by atoms with Crippen molar-refractivity contribution >= 4 is 11.6 Å². The Hall–Kier alpha value is -1.58. The second kappa shape index (κ2) is 6.67. The van der Waals surface area contributed by atoms with Gasteiger partial charge in [-0.15, -0.1) is 0 Å². The van der Waals surface area contributed by atoms with E-state index in [-0.39, 0.29) is 5.69 Å². The molecule has 1 aromatic rings. The van der Waals surface area contributed by atoms with E-state index in [1.54, 1.807) is 0 Å². The number of nitrogens with zero attached hydrogens (tertiary/aromatic N) is 1. The van der Waals surface area contributed by atoms with Crippen LogP contribution in [0.5, 0.6) is 0 Å². The monoisotopic (exact) mass is 314 g/mol. The summed E-state index contributed by atoms with van der Waals surface area (Å²) in [6, 6.07) is 3.37. The first-order chi connectivity index (χ1) is 10.4. The van der Waals surface area contributed by atoms with Crippen LogP contribution in [0.15, 0.2) is 24.3 Å². The third-order valence-electron chi connectivity index (χ3n) is 3.59. The molecule has 1 amide bonds. The van der Waals surface area contributed by atoms with Gasteiger partial charge in [-0.3, -0.25) is 4.79 Å². The average molecular weight is 314 g/mol. The molecule has 1 aliphatic rings. The van der Waals surface area contributed by atoms with Crippen LogP contribution in [0.4, 0.5) is 10.1 Å². The van der Waals surface area contributed by atoms with E-state index in [0.717, 1.165) is 17.0 Å². The minimum Gasteiger partial charge on any atom is -0.829 e. The molecule has 7 nitrogen and oxygen atoms in total. The van der Waals surface area contributed by atoms with Crippen molar-refractivity contribution in [1.82, 2.24) is 0 Å². The Labute approximate surface area is 126 Å². The number of aliphatic hydroxyl groups is 3. The molecule has 3 N–H and O–H groups in total. The Morgan fingerprint density at radius 3 is 2.41 bits per heavy atom. The standard InChI is InChI=1S/C14H17FNO6/c1-7(18)16(9-4-2-8(15)3-5-9)11-13(20)12(19)10(6-17)22-14(11)21/h2-5,10-14,17,19-20H,6H2,1H3/q-1/t10-,11-,12-,13-,14-/m1/s1. The van der Waals surface area contributed by atoms with Gasteiger partial charge >= 0.3 is 0 Å². The van der Waals surface area contributed by atoms with Crippen molar-refractivity contribution in [1.29, 1.82) is 0 Å². The fraction of sp³-hybridized carbons (Fsp3) is 0.500. The number of hydrogen-bond donors (Lipinski definition) is 3. The molecule has 1 aromatic carbocycles. The Balaban J connectivity index is 2.35. The minimum atomic E-state index is -1.87. The van der Waals surface area contributed by atoms with E-state index >= 15 is 0 Å². The van der Waals surface area contributed by atoms with Gasteiger partial charge in [0.1, 0.15) is 24.1 Å². The summed E-state index contributed by atoms with van der Waals surface area (Å²) in [5.74, 6) is -1.10. The van der Waals surface area contributed by atoms with E-state index in [2.05, 4.69) is 0 Å². The minimum absolute atomic E-state index is 0.192. The Kier molecular flexibility index (Phi) is 5.09. The predicted molar refractivity (Wildman–Crippen MR) is 71.1 cm³/mol. The summed E-state index contributed by atoms with van der Waals surface area (Å²) in [6.45, 7) is 0.535. The number of amides is 1. The second-order valence-corrected chi connectivity index (χ2v) is 5.06. The third-order valence-corrected chi connectivity index (χ3v) is 3.59. The van der Waals surface area contributed by atoms with Crippen LogP contribution in [-0.2, 0) is 9.53 Å². The van der Waals surface area contributed by atoms with E-state index in [4.69, 9.17) is 9.84 Å². The van der Waals surface area contributed by atoms with E-state index in [1.165, 1.54) is 19.1 Å². The van der Waals surface area contributed by atoms with Gasteiger partial charge in [0, 0.05) is 18.9 Å². The topological polar surface area (TPSA) is 113 Å². The molecule has 122 valence electrons. The zero-order valence-electron chi connectivity index (χ0n) is 11.8. The van der Waals surface area contributed by atoms with E-state index in [9.17, 15) is 24.5 Å². The molecule has 0 radical (unpaired) electrons. The highest BCUT2D eigenvalue weighted by Crippen LogP contribution is 2.27. The van der Waals surface area contributed by atoms with Crippen molar-refractivity contribution in [3.8, 4) is 0 Å². The first-order valence-electron chi connectivity index (χ1n) is 6.70. The van der Waals surface area contributed by atoms with Gasteiger partial charge in [-0.1, -0.05) is 0 Å². The molecule has 0 aromatic heterocycles. The summed E-state index contributed by atoms with van der Waals surface area (Å²) in [7, 11) is 0. The van der Waals surface area contributed by atoms with Crippen molar-refractivity contribution in [3.63, 3.8) is 0 Å². The first-order valence-corrected chi connectivity index (χ1v) is 6.70. The van der Waals surface area contributed by atoms with Crippen LogP contribution in [0, 0.1) is 5.82 Å². The zero-order valence-corrected chi connectivity index (χ0v) is 11.8. The number of rotatable bonds is 3. The van der Waals surface area contributed by atoms with E-state index in [0.29, 0.717) is 0 Å². The zero-order chi connectivity index (χ0) is 16.4. The van der Waals surface area contributed by atoms with Gasteiger partial charge in [0.2, 0.25) is 5.91 Å². The lowest BCUT2D eigenvalue weighted by atomic mass is 9.95. The molecule has 0 saturated carbocycles. The maximum Gasteiger partial charge on any atom is 0.224 e. The molecule has 0 spiro atoms. The summed E-state index contributed by atoms with van der Waals surface area (Å²) < 4.78 is 17.9. The highest BCUT2D eigenvalue weighted by atomic mass is 19.1. The number of halogens is 1. The normalized spacial score (nSPS) is 31.8. The Bertz CT molecular complexity index is 525. The van der Waals surface area contributed by atoms with Gasteiger partial charge < -0.3 is 30.1 Å². The van der Waals surface area contributed by atoms with Crippen LogP contribution >= 0.6 is 0 Å². The molecule has 1 heterocycles. The van der Waals surface area contributed by atoms with Gasteiger partial charge in [0.25, 0.3) is 0 Å². The lowest BCUT2D eigenvalue weighted by Gasteiger charge is -2.49. The highest BCUT2D eigenvalue weighted by Gasteiger charge is 2.44. The molecule has 22 heavy (non-hydrogen) atoms. The fourth-order valence-corrected chi connectivity index (χ4v) is 2.51. The molecule has 8 heteroatoms. The maximum atomic E-state index is 13.0. The average Bonchev–Trinajstić information content (AvgIpc) is 2.48. The van der Waals surface area contributed by atoms with Gasteiger partial charge in [-0.05, 0) is 24.3 Å². The number of carbonyl (C=O) groups excluding carboxylic acids is 1. The fourth-order valence-electron chi connectivity index (χ4n) is 2.51. The first kappa shape index (κ1) is 16.8. The number of anilines is 1. The van der Waals surface area contributed by atoms with Crippen molar-refractivity contribution in [2.45, 2.75) is 37.6 Å². The molecule has 1 fully saturated rings. The van der Waals surface area contributed by atoms with Crippen molar-refractivity contribution in [3.05, 3.63) is 30.1 Å². The second-order valence-electron chi connectivity index (χ2n) is 5.06. The van der Waals surface area contributed by atoms with E-state index < -0.39 is 49.0 Å². The third kappa shape index (κ3) is 3.11. The molecule has 5 atom stereocenters. The van der Waals surface area contributed by atoms with Gasteiger partial charge in [-0.25, -0.2) is 4.39 Å². The SMILES string of the molecule is CC(=O)N(c1ccc(F)cc1)[C@@H]1[C@@H](O)[C@H](O)[C@@H](CO)O[C@H]1[O-]. The summed E-state index contributed by atoms with van der Waals surface area (Å²) in [5.41, 5.74) is 0.192. The lowest BCUT2D eigenvalue weighted by molar-refractivity contribution is -0.517. The molecule has 0 aliphatic carbocycles. The highest BCUT2D eigenvalue weighted by molar-refractivity contribution is 5.92. The summed E-state index contributed by atoms with van der Waals surface area (Å²) in [4.78, 5) is 12.8. The van der Waals surface area contributed by atoms with Crippen molar-refractivity contribution in [2.24, 2.45) is 0 Å². The van der Waals surface area contributed by atoms with Crippen LogP contribution in [0.1, 0.15) is 6.92 Å². The van der Waals surface area contributed by atoms with Crippen LogP contribution in [0.25, 0.3) is 0 Å². The lowest BCUT2D eigenvalue weighted by Crippen LogP contribution is -2.68. The summed E-state index contributed by atoms with van der Waals surface area (Å²) in [6.07, 6.45) is -6.23. The number of carbonyl (C=O) groups is 1. The smallest absolute Gasteiger partial charge is 0.224 e. The molecular formula is C14H17FNO6-. The molecule has 0 bridgehead atoms. The van der Waals surface area contributed by atoms with Crippen LogP contribution < -0.4 is 10.0 Å². The van der Waals surface area contributed by atoms with Gasteiger partial charge in [-0.2, -0.15) is 0 Å². The number of ether oxygens (including phenoxy) is 1. The van der Waals surface area contributed by atoms with E-state index in [1.807, 2.05) is 0 Å². The quantitative estimate of drug-likeness (QED) is 0.616. The maximum absolute atomic E-state index is 13.0. The summed E-state index contributed by atoms with van der Waals surface area (Å²) >= 11 is 0. The summed E-state index contributed by atoms with van der Waals surface area (Å²) in [5, 5.41) is 41.1. The molecule has 0 unspecified atom stereocenters.